The molecular formula is C12H25NO4. The highest BCUT2D eigenvalue weighted by Gasteiger charge is 2.16. The topological polar surface area (TPSA) is 59.0 Å². The molecule has 0 saturated heterocycles. The van der Waals surface area contributed by atoms with Gasteiger partial charge in [-0.25, -0.2) is 0 Å². The van der Waals surface area contributed by atoms with Crippen LogP contribution in [-0.2, 0) is 14.3 Å². The lowest BCUT2D eigenvalue weighted by atomic mass is 10.2. The van der Waals surface area contributed by atoms with E-state index in [0.717, 1.165) is 0 Å². The van der Waals surface area contributed by atoms with E-state index in [0.29, 0.717) is 32.7 Å². The quantitative estimate of drug-likeness (QED) is 0.638. The zero-order valence-electron chi connectivity index (χ0n) is 11.4. The number of hydrogen-bond donors (Lipinski definition) is 1. The highest BCUT2D eigenvalue weighted by Crippen LogP contribution is 2.08. The van der Waals surface area contributed by atoms with Gasteiger partial charge in [-0.15, -0.1) is 0 Å². The van der Waals surface area contributed by atoms with Crippen molar-refractivity contribution in [1.82, 2.24) is 4.90 Å². The van der Waals surface area contributed by atoms with Crippen molar-refractivity contribution in [1.29, 1.82) is 0 Å². The summed E-state index contributed by atoms with van der Waals surface area (Å²) in [4.78, 5) is 13.5. The molecule has 0 heterocycles. The molecule has 5 heteroatoms. The third kappa shape index (κ3) is 10.2. The molecule has 0 radical (unpaired) electrons. The smallest absolute Gasteiger partial charge is 0.307 e. The highest BCUT2D eigenvalue weighted by molar-refractivity contribution is 5.70. The molecule has 0 aliphatic carbocycles. The van der Waals surface area contributed by atoms with E-state index in [1.807, 2.05) is 25.7 Å². The molecule has 0 atom stereocenters. The van der Waals surface area contributed by atoms with Gasteiger partial charge in [-0.05, 0) is 20.8 Å². The predicted molar refractivity (Wildman–Crippen MR) is 65.9 cm³/mol. The van der Waals surface area contributed by atoms with Crippen LogP contribution in [0.25, 0.3) is 0 Å². The van der Waals surface area contributed by atoms with E-state index in [4.69, 9.17) is 14.6 Å². The van der Waals surface area contributed by atoms with Crippen LogP contribution in [0.2, 0.25) is 0 Å². The van der Waals surface area contributed by atoms with Gasteiger partial charge in [0.1, 0.15) is 5.60 Å². The van der Waals surface area contributed by atoms with Gasteiger partial charge in [0.05, 0.1) is 19.6 Å². The lowest BCUT2D eigenvalue weighted by Crippen LogP contribution is -2.33. The molecule has 0 bridgehead atoms. The normalized spacial score (nSPS) is 11.9. The van der Waals surface area contributed by atoms with Gasteiger partial charge in [0, 0.05) is 26.7 Å². The maximum atomic E-state index is 11.5. The molecule has 0 aromatic rings. The second kappa shape index (κ2) is 8.44. The summed E-state index contributed by atoms with van der Waals surface area (Å²) in [5.74, 6) is -0.210. The van der Waals surface area contributed by atoms with E-state index in [1.54, 1.807) is 7.11 Å². The predicted octanol–water partition coefficient (Wildman–Crippen LogP) is 0.659. The molecule has 1 N–H and O–H groups in total. The van der Waals surface area contributed by atoms with Crippen LogP contribution in [0.15, 0.2) is 0 Å². The summed E-state index contributed by atoms with van der Waals surface area (Å²) in [7, 11) is 1.63. The highest BCUT2D eigenvalue weighted by atomic mass is 16.6. The first-order valence-electron chi connectivity index (χ1n) is 5.93. The Morgan fingerprint density at radius 1 is 1.24 bits per heavy atom. The lowest BCUT2D eigenvalue weighted by molar-refractivity contribution is -0.155. The third-order valence-electron chi connectivity index (χ3n) is 2.08. The van der Waals surface area contributed by atoms with Crippen LogP contribution < -0.4 is 0 Å². The lowest BCUT2D eigenvalue weighted by Gasteiger charge is -2.23. The van der Waals surface area contributed by atoms with Gasteiger partial charge in [0.25, 0.3) is 0 Å². The average Bonchev–Trinajstić information content (AvgIpc) is 2.19. The molecule has 0 aromatic heterocycles. The van der Waals surface area contributed by atoms with Gasteiger partial charge in [0.15, 0.2) is 0 Å². The van der Waals surface area contributed by atoms with E-state index >= 15 is 0 Å². The van der Waals surface area contributed by atoms with Crippen molar-refractivity contribution in [3.05, 3.63) is 0 Å². The number of carbonyl (C=O) groups is 1. The first-order chi connectivity index (χ1) is 7.89. The Labute approximate surface area is 104 Å². The van der Waals surface area contributed by atoms with Crippen LogP contribution in [0, 0.1) is 0 Å². The number of aliphatic hydroxyl groups is 1. The van der Waals surface area contributed by atoms with Gasteiger partial charge in [-0.2, -0.15) is 0 Å². The number of rotatable bonds is 8. The number of nitrogens with zero attached hydrogens (tertiary/aromatic N) is 1. The Morgan fingerprint density at radius 2 is 1.88 bits per heavy atom. The maximum Gasteiger partial charge on any atom is 0.307 e. The van der Waals surface area contributed by atoms with E-state index in [9.17, 15) is 4.79 Å². The van der Waals surface area contributed by atoms with Crippen LogP contribution in [0.1, 0.15) is 27.2 Å². The standard InChI is InChI=1S/C12H25NO4/c1-12(2,3)17-11(15)5-6-13(7-9-14)8-10-16-4/h14H,5-10H2,1-4H3. The molecular weight excluding hydrogens is 222 g/mol. The molecule has 0 aliphatic rings. The van der Waals surface area contributed by atoms with Gasteiger partial charge < -0.3 is 14.6 Å². The molecule has 0 rings (SSSR count). The molecule has 0 spiro atoms. The van der Waals surface area contributed by atoms with Crippen LogP contribution in [0.3, 0.4) is 0 Å². The van der Waals surface area contributed by atoms with Gasteiger partial charge in [-0.1, -0.05) is 0 Å². The van der Waals surface area contributed by atoms with Crippen molar-refractivity contribution in [2.75, 3.05) is 40.0 Å². The van der Waals surface area contributed by atoms with E-state index < -0.39 is 5.60 Å². The monoisotopic (exact) mass is 247 g/mol. The molecule has 0 fully saturated rings. The first kappa shape index (κ1) is 16.4. The Hall–Kier alpha value is -0.650. The fourth-order valence-corrected chi connectivity index (χ4v) is 1.34. The Bertz CT molecular complexity index is 213. The van der Waals surface area contributed by atoms with Crippen LogP contribution in [-0.4, -0.2) is 61.5 Å². The van der Waals surface area contributed by atoms with Crippen molar-refractivity contribution in [3.63, 3.8) is 0 Å². The van der Waals surface area contributed by atoms with E-state index in [2.05, 4.69) is 0 Å². The number of esters is 1. The summed E-state index contributed by atoms with van der Waals surface area (Å²) < 4.78 is 10.2. The summed E-state index contributed by atoms with van der Waals surface area (Å²) in [6, 6.07) is 0. The Kier molecular flexibility index (Phi) is 8.12. The minimum atomic E-state index is -0.439. The fraction of sp³-hybridized carbons (Fsp3) is 0.917. The summed E-state index contributed by atoms with van der Waals surface area (Å²) in [5.41, 5.74) is -0.439. The molecule has 0 saturated carbocycles. The molecule has 0 aliphatic heterocycles. The number of hydrogen-bond acceptors (Lipinski definition) is 5. The number of carbonyl (C=O) groups excluding carboxylic acids is 1. The minimum Gasteiger partial charge on any atom is -0.460 e. The average molecular weight is 247 g/mol. The second-order valence-corrected chi connectivity index (χ2v) is 4.89. The molecule has 17 heavy (non-hydrogen) atoms. The first-order valence-corrected chi connectivity index (χ1v) is 5.93. The number of aliphatic hydroxyl groups excluding tert-OH is 1. The van der Waals surface area contributed by atoms with Gasteiger partial charge in [-0.3, -0.25) is 9.69 Å². The summed E-state index contributed by atoms with van der Waals surface area (Å²) in [6.07, 6.45) is 0.334. The van der Waals surface area contributed by atoms with E-state index in [-0.39, 0.29) is 12.6 Å². The van der Waals surface area contributed by atoms with Crippen molar-refractivity contribution in [3.8, 4) is 0 Å². The van der Waals surface area contributed by atoms with Crippen LogP contribution in [0.4, 0.5) is 0 Å². The van der Waals surface area contributed by atoms with Gasteiger partial charge in [0.2, 0.25) is 0 Å². The Balaban J connectivity index is 3.90. The molecule has 5 nitrogen and oxygen atoms in total. The second-order valence-electron chi connectivity index (χ2n) is 4.89. The SMILES string of the molecule is COCCN(CCO)CCC(=O)OC(C)(C)C. The van der Waals surface area contributed by atoms with Crippen molar-refractivity contribution >= 4 is 5.97 Å². The third-order valence-corrected chi connectivity index (χ3v) is 2.08. The minimum absolute atomic E-state index is 0.0814. The molecule has 0 aromatic carbocycles. The van der Waals surface area contributed by atoms with Crippen LogP contribution in [0.5, 0.6) is 0 Å². The number of ether oxygens (including phenoxy) is 2. The molecule has 0 amide bonds. The van der Waals surface area contributed by atoms with Crippen molar-refractivity contribution in [2.45, 2.75) is 32.8 Å². The van der Waals surface area contributed by atoms with Crippen molar-refractivity contribution in [2.24, 2.45) is 0 Å². The summed E-state index contributed by atoms with van der Waals surface area (Å²) in [6.45, 7) is 8.06. The van der Waals surface area contributed by atoms with E-state index in [1.165, 1.54) is 0 Å². The molecule has 102 valence electrons. The molecule has 0 unspecified atom stereocenters. The largest absolute Gasteiger partial charge is 0.460 e. The summed E-state index contributed by atoms with van der Waals surface area (Å²) in [5, 5.41) is 8.89. The maximum absolute atomic E-state index is 11.5. The summed E-state index contributed by atoms with van der Waals surface area (Å²) >= 11 is 0. The number of methoxy groups -OCH3 is 1. The van der Waals surface area contributed by atoms with Gasteiger partial charge >= 0.3 is 5.97 Å². The van der Waals surface area contributed by atoms with Crippen LogP contribution >= 0.6 is 0 Å². The Morgan fingerprint density at radius 3 is 2.35 bits per heavy atom. The van der Waals surface area contributed by atoms with Crippen molar-refractivity contribution < 1.29 is 19.4 Å². The fourth-order valence-electron chi connectivity index (χ4n) is 1.34. The zero-order chi connectivity index (χ0) is 13.3. The zero-order valence-corrected chi connectivity index (χ0v) is 11.4.